The minimum absolute atomic E-state index is 0.00457. The normalized spacial score (nSPS) is 12.7. The first kappa shape index (κ1) is 18.5. The van der Waals surface area contributed by atoms with Crippen LogP contribution in [0.15, 0.2) is 46.3 Å². The van der Waals surface area contributed by atoms with Crippen molar-refractivity contribution >= 4 is 37.3 Å². The fraction of sp³-hybridized carbons (Fsp3) is 0.263. The predicted molar refractivity (Wildman–Crippen MR) is 104 cm³/mol. The van der Waals surface area contributed by atoms with Gasteiger partial charge in [-0.1, -0.05) is 29.5 Å². The van der Waals surface area contributed by atoms with E-state index in [1.165, 1.54) is 23.5 Å². The molecule has 0 bridgehead atoms. The van der Waals surface area contributed by atoms with Crippen molar-refractivity contribution in [2.75, 3.05) is 6.26 Å². The molecule has 26 heavy (non-hydrogen) atoms. The number of hydrogen-bond donors (Lipinski definition) is 0. The summed E-state index contributed by atoms with van der Waals surface area (Å²) in [6.07, 6.45) is 1.09. The number of aromatic nitrogens is 1. The molecule has 2 aromatic carbocycles. The van der Waals surface area contributed by atoms with Gasteiger partial charge in [-0.05, 0) is 50.1 Å². The third-order valence-corrected chi connectivity index (χ3v) is 6.53. The molecule has 0 atom stereocenters. The van der Waals surface area contributed by atoms with Crippen LogP contribution in [0.1, 0.15) is 28.4 Å². The van der Waals surface area contributed by atoms with Crippen LogP contribution in [-0.4, -0.2) is 25.1 Å². The highest BCUT2D eigenvalue weighted by Gasteiger charge is 2.18. The summed E-state index contributed by atoms with van der Waals surface area (Å²) < 4.78 is 27.0. The Morgan fingerprint density at radius 1 is 1.19 bits per heavy atom. The van der Waals surface area contributed by atoms with Gasteiger partial charge in [0.15, 0.2) is 14.6 Å². The van der Waals surface area contributed by atoms with Crippen LogP contribution < -0.4 is 4.80 Å². The van der Waals surface area contributed by atoms with Crippen LogP contribution >= 0.6 is 11.3 Å². The first-order chi connectivity index (χ1) is 12.2. The van der Waals surface area contributed by atoms with Gasteiger partial charge in [0.2, 0.25) is 0 Å². The summed E-state index contributed by atoms with van der Waals surface area (Å²) in [6, 6.07) is 10.4. The number of hydrogen-bond acceptors (Lipinski definition) is 4. The number of fused-ring (bicyclic) bond motifs is 1. The zero-order valence-corrected chi connectivity index (χ0v) is 16.7. The fourth-order valence-corrected chi connectivity index (χ4v) is 5.04. The van der Waals surface area contributed by atoms with E-state index in [1.807, 2.05) is 25.3 Å². The summed E-state index contributed by atoms with van der Waals surface area (Å²) in [5.41, 5.74) is 3.42. The van der Waals surface area contributed by atoms with Gasteiger partial charge in [-0.2, -0.15) is 4.99 Å². The van der Waals surface area contributed by atoms with Crippen molar-refractivity contribution in [3.63, 3.8) is 0 Å². The third-order valence-electron chi connectivity index (χ3n) is 4.14. The first-order valence-electron chi connectivity index (χ1n) is 8.21. The molecule has 5 nitrogen and oxygen atoms in total. The van der Waals surface area contributed by atoms with E-state index >= 15 is 0 Å². The van der Waals surface area contributed by atoms with E-state index < -0.39 is 15.7 Å². The number of nitrogens with zero attached hydrogens (tertiary/aromatic N) is 2. The smallest absolute Gasteiger partial charge is 0.280 e. The number of benzene rings is 2. The van der Waals surface area contributed by atoms with Gasteiger partial charge in [0.1, 0.15) is 0 Å². The van der Waals surface area contributed by atoms with E-state index in [0.29, 0.717) is 11.3 Å². The summed E-state index contributed by atoms with van der Waals surface area (Å²) >= 11 is 1.45. The highest BCUT2D eigenvalue weighted by Crippen LogP contribution is 2.23. The van der Waals surface area contributed by atoms with E-state index in [1.54, 1.807) is 12.1 Å². The monoisotopic (exact) mass is 388 g/mol. The number of sulfone groups is 1. The maximum atomic E-state index is 12.7. The molecule has 3 aromatic rings. The Labute approximate surface area is 156 Å². The van der Waals surface area contributed by atoms with Crippen LogP contribution in [0.3, 0.4) is 0 Å². The van der Waals surface area contributed by atoms with Gasteiger partial charge in [0.25, 0.3) is 5.91 Å². The SMILES string of the molecule is CCn1c(=NC(=O)c2ccccc2S(C)(=O)=O)sc2c(C)cc(C)cc21. The highest BCUT2D eigenvalue weighted by molar-refractivity contribution is 7.90. The van der Waals surface area contributed by atoms with Crippen LogP contribution in [-0.2, 0) is 16.4 Å². The van der Waals surface area contributed by atoms with Crippen LogP contribution in [0.25, 0.3) is 10.2 Å². The second kappa shape index (κ2) is 6.81. The lowest BCUT2D eigenvalue weighted by molar-refractivity contribution is 0.0994. The summed E-state index contributed by atoms with van der Waals surface area (Å²) in [4.78, 5) is 17.6. The molecule has 0 N–H and O–H groups in total. The molecule has 1 heterocycles. The van der Waals surface area contributed by atoms with Gasteiger partial charge >= 0.3 is 0 Å². The topological polar surface area (TPSA) is 68.5 Å². The van der Waals surface area contributed by atoms with Crippen molar-refractivity contribution in [1.82, 2.24) is 4.57 Å². The number of aryl methyl sites for hydroxylation is 3. The van der Waals surface area contributed by atoms with Crippen LogP contribution in [0.4, 0.5) is 0 Å². The standard InChI is InChI=1S/C19H20N2O3S2/c1-5-21-15-11-12(2)10-13(3)17(15)25-19(21)20-18(22)14-8-6-7-9-16(14)26(4,23)24/h6-11H,5H2,1-4H3. The summed E-state index contributed by atoms with van der Waals surface area (Å²) in [6.45, 7) is 6.74. The molecule has 1 aromatic heterocycles. The van der Waals surface area contributed by atoms with Gasteiger partial charge in [0, 0.05) is 12.8 Å². The van der Waals surface area contributed by atoms with Gasteiger partial charge in [0.05, 0.1) is 20.7 Å². The van der Waals surface area contributed by atoms with Gasteiger partial charge in [-0.25, -0.2) is 8.42 Å². The summed E-state index contributed by atoms with van der Waals surface area (Å²) in [7, 11) is -3.51. The lowest BCUT2D eigenvalue weighted by Crippen LogP contribution is -2.17. The fourth-order valence-electron chi connectivity index (χ4n) is 3.02. The van der Waals surface area contributed by atoms with E-state index in [2.05, 4.69) is 17.1 Å². The minimum atomic E-state index is -3.51. The second-order valence-corrected chi connectivity index (χ2v) is 9.21. The van der Waals surface area contributed by atoms with Crippen LogP contribution in [0, 0.1) is 13.8 Å². The molecular weight excluding hydrogens is 368 g/mol. The van der Waals surface area contributed by atoms with Crippen molar-refractivity contribution in [3.8, 4) is 0 Å². The van der Waals surface area contributed by atoms with Crippen LogP contribution in [0.2, 0.25) is 0 Å². The number of amides is 1. The van der Waals surface area contributed by atoms with Gasteiger partial charge in [-0.3, -0.25) is 4.79 Å². The maximum absolute atomic E-state index is 12.7. The molecule has 0 aliphatic carbocycles. The number of carbonyl (C=O) groups is 1. The molecule has 136 valence electrons. The lowest BCUT2D eigenvalue weighted by atomic mass is 10.1. The van der Waals surface area contributed by atoms with Crippen molar-refractivity contribution in [3.05, 3.63) is 57.9 Å². The number of carbonyl (C=O) groups excluding carboxylic acids is 1. The Bertz CT molecular complexity index is 1190. The second-order valence-electron chi connectivity index (χ2n) is 6.24. The predicted octanol–water partition coefficient (Wildman–Crippen LogP) is 3.48. The van der Waals surface area contributed by atoms with E-state index in [9.17, 15) is 13.2 Å². The zero-order valence-electron chi connectivity index (χ0n) is 15.1. The molecule has 0 aliphatic heterocycles. The number of thiazole rings is 1. The highest BCUT2D eigenvalue weighted by atomic mass is 32.2. The Morgan fingerprint density at radius 3 is 2.54 bits per heavy atom. The molecule has 0 saturated carbocycles. The zero-order chi connectivity index (χ0) is 19.1. The molecule has 0 saturated heterocycles. The molecule has 7 heteroatoms. The Balaban J connectivity index is 2.24. The molecule has 0 spiro atoms. The van der Waals surface area contributed by atoms with Crippen molar-refractivity contribution in [2.45, 2.75) is 32.2 Å². The average Bonchev–Trinajstić information content (AvgIpc) is 2.91. The molecule has 0 unspecified atom stereocenters. The molecule has 1 amide bonds. The Hall–Kier alpha value is -2.25. The molecule has 0 aliphatic rings. The Morgan fingerprint density at radius 2 is 1.88 bits per heavy atom. The quantitative estimate of drug-likeness (QED) is 0.690. The van der Waals surface area contributed by atoms with Gasteiger partial charge in [-0.15, -0.1) is 0 Å². The minimum Gasteiger partial charge on any atom is -0.317 e. The molecular formula is C19H20N2O3S2. The van der Waals surface area contributed by atoms with E-state index in [0.717, 1.165) is 27.6 Å². The number of rotatable bonds is 3. The van der Waals surface area contributed by atoms with Crippen molar-refractivity contribution < 1.29 is 13.2 Å². The lowest BCUT2D eigenvalue weighted by Gasteiger charge is -2.04. The van der Waals surface area contributed by atoms with Gasteiger partial charge < -0.3 is 4.57 Å². The molecule has 3 rings (SSSR count). The van der Waals surface area contributed by atoms with Crippen molar-refractivity contribution in [1.29, 1.82) is 0 Å². The molecule has 0 fully saturated rings. The summed E-state index contributed by atoms with van der Waals surface area (Å²) in [5.74, 6) is -0.547. The first-order valence-corrected chi connectivity index (χ1v) is 10.9. The molecule has 0 radical (unpaired) electrons. The summed E-state index contributed by atoms with van der Waals surface area (Å²) in [5, 5.41) is 0. The average molecular weight is 389 g/mol. The van der Waals surface area contributed by atoms with Crippen LogP contribution in [0.5, 0.6) is 0 Å². The van der Waals surface area contributed by atoms with E-state index in [-0.39, 0.29) is 10.5 Å². The third kappa shape index (κ3) is 3.37. The maximum Gasteiger partial charge on any atom is 0.280 e. The van der Waals surface area contributed by atoms with Crippen molar-refractivity contribution in [2.24, 2.45) is 4.99 Å². The van der Waals surface area contributed by atoms with E-state index in [4.69, 9.17) is 0 Å². The Kier molecular flexibility index (Phi) is 4.86. The largest absolute Gasteiger partial charge is 0.317 e.